The molecular formula is C10H16N5OY-. The molecule has 2 heterocycles. The molecular weight excluding hydrogens is 295 g/mol. The number of carbonyl (C=O) groups is 1. The summed E-state index contributed by atoms with van der Waals surface area (Å²) < 4.78 is 0. The molecule has 1 aromatic heterocycles. The van der Waals surface area contributed by atoms with Crippen molar-refractivity contribution >= 4 is 5.91 Å². The summed E-state index contributed by atoms with van der Waals surface area (Å²) in [6.45, 7) is 2.75. The summed E-state index contributed by atoms with van der Waals surface area (Å²) in [6, 6.07) is -0.128. The van der Waals surface area contributed by atoms with Crippen molar-refractivity contribution in [1.29, 1.82) is 0 Å². The molecule has 91 valence electrons. The molecule has 1 aliphatic heterocycles. The van der Waals surface area contributed by atoms with Gasteiger partial charge in [0, 0.05) is 38.9 Å². The van der Waals surface area contributed by atoms with Gasteiger partial charge in [-0.25, -0.2) is 4.98 Å². The van der Waals surface area contributed by atoms with E-state index in [2.05, 4.69) is 20.6 Å². The smallest absolute Gasteiger partial charge is 0.235 e. The van der Waals surface area contributed by atoms with Crippen LogP contribution in [0.25, 0.3) is 5.32 Å². The van der Waals surface area contributed by atoms with Gasteiger partial charge in [0.1, 0.15) is 0 Å². The third-order valence-corrected chi connectivity index (χ3v) is 2.76. The number of carbonyl (C=O) groups excluding carboxylic acids is 1. The van der Waals surface area contributed by atoms with Crippen LogP contribution in [-0.4, -0.2) is 53.5 Å². The van der Waals surface area contributed by atoms with Crippen molar-refractivity contribution in [2.75, 3.05) is 26.7 Å². The Balaban J connectivity index is 0.00000144. The number of aromatic nitrogens is 2. The van der Waals surface area contributed by atoms with Crippen LogP contribution in [0.1, 0.15) is 5.69 Å². The van der Waals surface area contributed by atoms with Crippen LogP contribution in [0.4, 0.5) is 0 Å². The van der Waals surface area contributed by atoms with E-state index in [0.717, 1.165) is 18.8 Å². The molecule has 17 heavy (non-hydrogen) atoms. The van der Waals surface area contributed by atoms with Crippen LogP contribution in [0.3, 0.4) is 0 Å². The van der Waals surface area contributed by atoms with Gasteiger partial charge in [-0.3, -0.25) is 9.69 Å². The zero-order chi connectivity index (χ0) is 11.4. The monoisotopic (exact) mass is 311 g/mol. The van der Waals surface area contributed by atoms with Gasteiger partial charge >= 0.3 is 0 Å². The minimum absolute atomic E-state index is 0. The fourth-order valence-electron chi connectivity index (χ4n) is 1.70. The number of H-pyrrole nitrogens is 1. The van der Waals surface area contributed by atoms with Crippen molar-refractivity contribution in [1.82, 2.24) is 20.2 Å². The van der Waals surface area contributed by atoms with Gasteiger partial charge in [0.25, 0.3) is 0 Å². The second kappa shape index (κ2) is 7.21. The van der Waals surface area contributed by atoms with E-state index in [1.54, 1.807) is 12.5 Å². The maximum Gasteiger partial charge on any atom is 0.235 e. The molecule has 6 nitrogen and oxygen atoms in total. The van der Waals surface area contributed by atoms with E-state index in [4.69, 9.17) is 0 Å². The van der Waals surface area contributed by atoms with Crippen LogP contribution in [0.2, 0.25) is 0 Å². The summed E-state index contributed by atoms with van der Waals surface area (Å²) in [5.41, 5.74) is 0.906. The first-order valence-corrected chi connectivity index (χ1v) is 5.36. The first-order chi connectivity index (χ1) is 7.77. The van der Waals surface area contributed by atoms with Crippen molar-refractivity contribution in [3.63, 3.8) is 0 Å². The summed E-state index contributed by atoms with van der Waals surface area (Å²) in [4.78, 5) is 20.7. The van der Waals surface area contributed by atoms with E-state index in [1.807, 2.05) is 11.9 Å². The first-order valence-electron chi connectivity index (χ1n) is 5.36. The number of nitrogens with one attached hydrogen (secondary N) is 2. The Morgan fingerprint density at radius 2 is 2.59 bits per heavy atom. The van der Waals surface area contributed by atoms with Crippen LogP contribution in [-0.2, 0) is 44.0 Å². The minimum Gasteiger partial charge on any atom is -0.660 e. The second-order valence-electron chi connectivity index (χ2n) is 3.92. The maximum absolute atomic E-state index is 11.9. The van der Waals surface area contributed by atoms with Crippen molar-refractivity contribution in [2.45, 2.75) is 12.6 Å². The molecule has 1 amide bonds. The Morgan fingerprint density at radius 3 is 3.24 bits per heavy atom. The van der Waals surface area contributed by atoms with Crippen LogP contribution in [0, 0.1) is 0 Å². The Labute approximate surface area is 126 Å². The normalized spacial score (nSPS) is 20.6. The standard InChI is InChI=1S/C10H16N5O.Y/c1-15-3-2-11-6-9(15)10(16)13-5-8-4-12-7-14-8;/h4,7,9H,2-3,5-6H2,1H3,(H,12,14)(H,13,16);/q-1;. The number of aromatic amines is 1. The van der Waals surface area contributed by atoms with Crippen LogP contribution in [0.15, 0.2) is 12.5 Å². The van der Waals surface area contributed by atoms with Crippen LogP contribution < -0.4 is 5.32 Å². The average molecular weight is 311 g/mol. The molecule has 1 aliphatic rings. The zero-order valence-corrected chi connectivity index (χ0v) is 12.7. The Bertz CT molecular complexity index is 342. The molecule has 1 atom stereocenters. The molecule has 1 saturated heterocycles. The van der Waals surface area contributed by atoms with Gasteiger partial charge in [0.05, 0.1) is 24.6 Å². The molecule has 0 aliphatic carbocycles. The molecule has 0 bridgehead atoms. The third kappa shape index (κ3) is 4.14. The van der Waals surface area contributed by atoms with Crippen LogP contribution >= 0.6 is 0 Å². The van der Waals surface area contributed by atoms with Crippen molar-refractivity contribution in [3.8, 4) is 0 Å². The molecule has 0 aromatic carbocycles. The number of piperazine rings is 1. The fourth-order valence-corrected chi connectivity index (χ4v) is 1.70. The maximum atomic E-state index is 11.9. The first kappa shape index (κ1) is 14.8. The average Bonchev–Trinajstić information content (AvgIpc) is 2.79. The van der Waals surface area contributed by atoms with Gasteiger partial charge in [-0.2, -0.15) is 0 Å². The van der Waals surface area contributed by atoms with Gasteiger partial charge in [-0.05, 0) is 13.6 Å². The number of likely N-dealkylation sites (N-methyl/N-ethyl adjacent to an activating group) is 1. The molecule has 1 radical (unpaired) electrons. The topological polar surface area (TPSA) is 75.1 Å². The molecule has 1 aromatic rings. The van der Waals surface area contributed by atoms with E-state index >= 15 is 0 Å². The van der Waals surface area contributed by atoms with E-state index in [0.29, 0.717) is 13.1 Å². The second-order valence-corrected chi connectivity index (χ2v) is 3.92. The third-order valence-electron chi connectivity index (χ3n) is 2.76. The quantitative estimate of drug-likeness (QED) is 0.806. The van der Waals surface area contributed by atoms with Gasteiger partial charge in [0.15, 0.2) is 0 Å². The van der Waals surface area contributed by atoms with E-state index in [-0.39, 0.29) is 44.7 Å². The zero-order valence-electron chi connectivity index (χ0n) is 9.89. The van der Waals surface area contributed by atoms with Gasteiger partial charge in [-0.1, -0.05) is 0 Å². The predicted molar refractivity (Wildman–Crippen MR) is 59.9 cm³/mol. The van der Waals surface area contributed by atoms with E-state index in [9.17, 15) is 4.79 Å². The molecule has 0 spiro atoms. The van der Waals surface area contributed by atoms with Crippen molar-refractivity contribution < 1.29 is 37.5 Å². The molecule has 2 rings (SSSR count). The Morgan fingerprint density at radius 1 is 1.76 bits per heavy atom. The summed E-state index contributed by atoms with van der Waals surface area (Å²) in [5.74, 6) is 0.0283. The molecule has 2 N–H and O–H groups in total. The summed E-state index contributed by atoms with van der Waals surface area (Å²) in [5, 5.41) is 7.13. The summed E-state index contributed by atoms with van der Waals surface area (Å²) >= 11 is 0. The number of amides is 1. The van der Waals surface area contributed by atoms with E-state index in [1.165, 1.54) is 0 Å². The molecule has 0 saturated carbocycles. The Kier molecular flexibility index (Phi) is 6.26. The van der Waals surface area contributed by atoms with Gasteiger partial charge < -0.3 is 15.6 Å². The summed E-state index contributed by atoms with van der Waals surface area (Å²) in [7, 11) is 1.95. The number of nitrogens with zero attached hydrogens (tertiary/aromatic N) is 3. The van der Waals surface area contributed by atoms with Gasteiger partial charge in [0.2, 0.25) is 5.91 Å². The number of rotatable bonds is 3. The number of imidazole rings is 1. The molecule has 1 unspecified atom stereocenters. The number of hydrogen-bond acceptors (Lipinski definition) is 3. The molecule has 7 heteroatoms. The van der Waals surface area contributed by atoms with Crippen LogP contribution in [0.5, 0.6) is 0 Å². The SMILES string of the molecule is CN1CC[N-]CC1C(=O)NCc1cnc[nH]1.[Y]. The number of hydrogen-bond donors (Lipinski definition) is 2. The fraction of sp³-hybridized carbons (Fsp3) is 0.600. The summed E-state index contributed by atoms with van der Waals surface area (Å²) in [6.07, 6.45) is 3.30. The van der Waals surface area contributed by atoms with Crippen molar-refractivity contribution in [3.05, 3.63) is 23.5 Å². The Hall–Kier alpha value is -0.296. The molecule has 1 fully saturated rings. The minimum atomic E-state index is -0.128. The largest absolute Gasteiger partial charge is 0.660 e. The van der Waals surface area contributed by atoms with Crippen molar-refractivity contribution in [2.24, 2.45) is 0 Å². The predicted octanol–water partition coefficient (Wildman–Crippen LogP) is -0.289. The van der Waals surface area contributed by atoms with Gasteiger partial charge in [-0.15, -0.1) is 13.1 Å². The van der Waals surface area contributed by atoms with E-state index < -0.39 is 0 Å².